The number of likely N-dealkylation sites (tertiary alicyclic amines) is 1. The minimum atomic E-state index is -0.0961. The second kappa shape index (κ2) is 10.1. The third kappa shape index (κ3) is 4.95. The molecule has 2 aliphatic rings. The zero-order chi connectivity index (χ0) is 23.3. The normalized spacial score (nSPS) is 19.1. The SMILES string of the molecule is O=C(NC1CCCN(c2ccccc2)C1)C1CCN(C(=O)c2cc(-c3ccncc3)[nH]n2)CC1. The Morgan fingerprint density at radius 2 is 1.74 bits per heavy atom. The standard InChI is InChI=1S/C26H30N6O2/c33-25(28-21-5-4-14-32(18-21)22-6-2-1-3-7-22)20-10-15-31(16-11-20)26(34)24-17-23(29-30-24)19-8-12-27-13-9-19/h1-3,6-9,12-13,17,20-21H,4-5,10-11,14-16,18H2,(H,28,33)(H,29,30). The number of carbonyl (C=O) groups excluding carboxylic acids is 2. The van der Waals surface area contributed by atoms with Crippen LogP contribution >= 0.6 is 0 Å². The van der Waals surface area contributed by atoms with Crippen molar-refractivity contribution in [3.63, 3.8) is 0 Å². The number of anilines is 1. The van der Waals surface area contributed by atoms with Gasteiger partial charge in [0, 0.05) is 61.8 Å². The first-order chi connectivity index (χ1) is 16.7. The number of aromatic nitrogens is 3. The van der Waals surface area contributed by atoms with E-state index in [1.54, 1.807) is 23.4 Å². The maximum atomic E-state index is 13.0. The molecule has 8 heteroatoms. The largest absolute Gasteiger partial charge is 0.369 e. The van der Waals surface area contributed by atoms with Gasteiger partial charge in [0.25, 0.3) is 5.91 Å². The Labute approximate surface area is 199 Å². The van der Waals surface area contributed by atoms with Crippen molar-refractivity contribution in [1.29, 1.82) is 0 Å². The van der Waals surface area contributed by atoms with Gasteiger partial charge >= 0.3 is 0 Å². The van der Waals surface area contributed by atoms with Crippen molar-refractivity contribution in [2.45, 2.75) is 31.7 Å². The van der Waals surface area contributed by atoms with Crippen molar-refractivity contribution in [3.8, 4) is 11.3 Å². The van der Waals surface area contributed by atoms with Crippen LogP contribution in [-0.2, 0) is 4.79 Å². The van der Waals surface area contributed by atoms with Crippen molar-refractivity contribution in [2.75, 3.05) is 31.1 Å². The first kappa shape index (κ1) is 22.1. The lowest BCUT2D eigenvalue weighted by atomic mass is 9.94. The fourth-order valence-electron chi connectivity index (χ4n) is 4.90. The van der Waals surface area contributed by atoms with E-state index >= 15 is 0 Å². The lowest BCUT2D eigenvalue weighted by molar-refractivity contribution is -0.127. The average molecular weight is 459 g/mol. The number of pyridine rings is 1. The molecule has 2 amide bonds. The number of piperidine rings is 2. The lowest BCUT2D eigenvalue weighted by Gasteiger charge is -2.36. The van der Waals surface area contributed by atoms with Gasteiger partial charge < -0.3 is 15.1 Å². The first-order valence-corrected chi connectivity index (χ1v) is 12.0. The highest BCUT2D eigenvalue weighted by Crippen LogP contribution is 2.23. The molecule has 2 saturated heterocycles. The van der Waals surface area contributed by atoms with Crippen LogP contribution in [-0.4, -0.2) is 64.1 Å². The quantitative estimate of drug-likeness (QED) is 0.613. The van der Waals surface area contributed by atoms with Gasteiger partial charge in [-0.3, -0.25) is 19.7 Å². The van der Waals surface area contributed by atoms with Crippen LogP contribution in [0.5, 0.6) is 0 Å². The molecule has 4 heterocycles. The van der Waals surface area contributed by atoms with E-state index in [0.717, 1.165) is 37.2 Å². The number of nitrogens with one attached hydrogen (secondary N) is 2. The Bertz CT molecular complexity index is 1110. The van der Waals surface area contributed by atoms with Gasteiger partial charge in [0.05, 0.1) is 5.69 Å². The second-order valence-electron chi connectivity index (χ2n) is 9.10. The summed E-state index contributed by atoms with van der Waals surface area (Å²) < 4.78 is 0. The zero-order valence-corrected chi connectivity index (χ0v) is 19.2. The van der Waals surface area contributed by atoms with E-state index < -0.39 is 0 Å². The van der Waals surface area contributed by atoms with Gasteiger partial charge in [0.2, 0.25) is 5.91 Å². The molecule has 1 atom stereocenters. The van der Waals surface area contributed by atoms with E-state index in [9.17, 15) is 9.59 Å². The van der Waals surface area contributed by atoms with E-state index in [1.807, 2.05) is 18.2 Å². The van der Waals surface area contributed by atoms with Crippen molar-refractivity contribution in [1.82, 2.24) is 25.4 Å². The number of para-hydroxylation sites is 1. The summed E-state index contributed by atoms with van der Waals surface area (Å²) in [5.74, 6) is -0.0318. The molecule has 0 radical (unpaired) electrons. The molecule has 2 aliphatic heterocycles. The van der Waals surface area contributed by atoms with Crippen molar-refractivity contribution < 1.29 is 9.59 Å². The number of carbonyl (C=O) groups is 2. The summed E-state index contributed by atoms with van der Waals surface area (Å²) in [6.07, 6.45) is 6.84. The number of benzene rings is 1. The predicted molar refractivity (Wildman–Crippen MR) is 130 cm³/mol. The summed E-state index contributed by atoms with van der Waals surface area (Å²) in [7, 11) is 0. The Morgan fingerprint density at radius 3 is 2.50 bits per heavy atom. The topological polar surface area (TPSA) is 94.2 Å². The molecule has 2 fully saturated rings. The van der Waals surface area contributed by atoms with Gasteiger partial charge in [-0.2, -0.15) is 5.10 Å². The van der Waals surface area contributed by atoms with Gasteiger partial charge in [-0.1, -0.05) is 18.2 Å². The van der Waals surface area contributed by atoms with Crippen LogP contribution in [0.15, 0.2) is 60.9 Å². The third-order valence-corrected chi connectivity index (χ3v) is 6.83. The van der Waals surface area contributed by atoms with Crippen LogP contribution in [0.3, 0.4) is 0 Å². The summed E-state index contributed by atoms with van der Waals surface area (Å²) in [6.45, 7) is 2.99. The van der Waals surface area contributed by atoms with Gasteiger partial charge in [0.1, 0.15) is 0 Å². The molecular weight excluding hydrogens is 428 g/mol. The maximum absolute atomic E-state index is 13.0. The number of nitrogens with zero attached hydrogens (tertiary/aromatic N) is 4. The fourth-order valence-corrected chi connectivity index (χ4v) is 4.90. The van der Waals surface area contributed by atoms with Gasteiger partial charge in [-0.15, -0.1) is 0 Å². The second-order valence-corrected chi connectivity index (χ2v) is 9.10. The van der Waals surface area contributed by atoms with Crippen LogP contribution in [0.25, 0.3) is 11.3 Å². The Hall–Kier alpha value is -3.68. The highest BCUT2D eigenvalue weighted by atomic mass is 16.2. The third-order valence-electron chi connectivity index (χ3n) is 6.83. The zero-order valence-electron chi connectivity index (χ0n) is 19.2. The molecule has 1 aromatic carbocycles. The monoisotopic (exact) mass is 458 g/mol. The summed E-state index contributed by atoms with van der Waals surface area (Å²) >= 11 is 0. The first-order valence-electron chi connectivity index (χ1n) is 12.0. The van der Waals surface area contributed by atoms with E-state index in [1.165, 1.54) is 5.69 Å². The Kier molecular flexibility index (Phi) is 6.56. The van der Waals surface area contributed by atoms with E-state index in [0.29, 0.717) is 31.6 Å². The smallest absolute Gasteiger partial charge is 0.274 e. The fraction of sp³-hybridized carbons (Fsp3) is 0.385. The van der Waals surface area contributed by atoms with Crippen LogP contribution in [0.2, 0.25) is 0 Å². The van der Waals surface area contributed by atoms with Gasteiger partial charge in [0.15, 0.2) is 5.69 Å². The molecule has 8 nitrogen and oxygen atoms in total. The molecule has 0 spiro atoms. The molecule has 3 aromatic rings. The number of amides is 2. The van der Waals surface area contributed by atoms with E-state index in [2.05, 4.69) is 49.7 Å². The van der Waals surface area contributed by atoms with Gasteiger partial charge in [-0.05, 0) is 56.0 Å². The van der Waals surface area contributed by atoms with E-state index in [-0.39, 0.29) is 23.8 Å². The van der Waals surface area contributed by atoms with Crippen LogP contribution in [0, 0.1) is 5.92 Å². The molecule has 0 aliphatic carbocycles. The Morgan fingerprint density at radius 1 is 0.971 bits per heavy atom. The summed E-state index contributed by atoms with van der Waals surface area (Å²) in [4.78, 5) is 34.1. The van der Waals surface area contributed by atoms with Crippen LogP contribution in [0.4, 0.5) is 5.69 Å². The summed E-state index contributed by atoms with van der Waals surface area (Å²) in [6, 6.07) is 16.1. The highest BCUT2D eigenvalue weighted by molar-refractivity contribution is 5.93. The minimum Gasteiger partial charge on any atom is -0.369 e. The average Bonchev–Trinajstić information content (AvgIpc) is 3.40. The molecule has 1 unspecified atom stereocenters. The minimum absolute atomic E-state index is 0.0530. The molecule has 0 saturated carbocycles. The predicted octanol–water partition coefficient (Wildman–Crippen LogP) is 3.11. The van der Waals surface area contributed by atoms with Crippen LogP contribution in [0.1, 0.15) is 36.2 Å². The summed E-state index contributed by atoms with van der Waals surface area (Å²) in [5.41, 5.74) is 3.33. The molecule has 34 heavy (non-hydrogen) atoms. The molecule has 176 valence electrons. The molecule has 0 bridgehead atoms. The molecule has 5 rings (SSSR count). The number of H-pyrrole nitrogens is 1. The van der Waals surface area contributed by atoms with E-state index in [4.69, 9.17) is 0 Å². The number of hydrogen-bond acceptors (Lipinski definition) is 5. The highest BCUT2D eigenvalue weighted by Gasteiger charge is 2.30. The van der Waals surface area contributed by atoms with Crippen molar-refractivity contribution >= 4 is 17.5 Å². The lowest BCUT2D eigenvalue weighted by Crippen LogP contribution is -2.51. The molecule has 2 N–H and O–H groups in total. The van der Waals surface area contributed by atoms with Crippen LogP contribution < -0.4 is 10.2 Å². The molecule has 2 aromatic heterocycles. The summed E-state index contributed by atoms with van der Waals surface area (Å²) in [5, 5.41) is 10.4. The van der Waals surface area contributed by atoms with Gasteiger partial charge in [-0.25, -0.2) is 0 Å². The number of hydrogen-bond donors (Lipinski definition) is 2. The number of aromatic amines is 1. The van der Waals surface area contributed by atoms with Crippen molar-refractivity contribution in [3.05, 3.63) is 66.6 Å². The number of rotatable bonds is 5. The maximum Gasteiger partial charge on any atom is 0.274 e. The Balaban J connectivity index is 1.12. The molecular formula is C26H30N6O2. The van der Waals surface area contributed by atoms with Crippen molar-refractivity contribution in [2.24, 2.45) is 5.92 Å².